The maximum atomic E-state index is 11.2. The number of hydrogen-bond acceptors (Lipinski definition) is 6. The van der Waals surface area contributed by atoms with E-state index in [-0.39, 0.29) is 10.6 Å². The van der Waals surface area contributed by atoms with Crippen LogP contribution in [-0.4, -0.2) is 22.1 Å². The van der Waals surface area contributed by atoms with Gasteiger partial charge in [-0.3, -0.25) is 14.3 Å². The Hall–Kier alpha value is -1.36. The van der Waals surface area contributed by atoms with Crippen molar-refractivity contribution in [2.24, 2.45) is 0 Å². The molecule has 8 nitrogen and oxygen atoms in total. The Kier molecular flexibility index (Phi) is 3.70. The van der Waals surface area contributed by atoms with Crippen LogP contribution >= 0.6 is 0 Å². The third-order valence-corrected chi connectivity index (χ3v) is 3.85. The average Bonchev–Trinajstić information content (AvgIpc) is 2.16. The molecule has 0 aliphatic carbocycles. The number of nitrogens with one attached hydrogen (secondary N) is 1. The van der Waals surface area contributed by atoms with Crippen molar-refractivity contribution < 1.29 is 22.1 Å². The summed E-state index contributed by atoms with van der Waals surface area (Å²) in [6, 6.07) is 3.80. The lowest BCUT2D eigenvalue weighted by molar-refractivity contribution is -0.384. The first kappa shape index (κ1) is 12.7. The number of nitro groups is 1. The minimum Gasteiger partial charge on any atom is -0.759 e. The number of rotatable bonds is 4. The van der Waals surface area contributed by atoms with Crippen molar-refractivity contribution in [3.63, 3.8) is 0 Å². The molecule has 0 amide bonds. The maximum Gasteiger partial charge on any atom is 0.269 e. The predicted molar refractivity (Wildman–Crippen MR) is 52.3 cm³/mol. The molecule has 1 atom stereocenters. The second-order valence-electron chi connectivity index (χ2n) is 2.57. The summed E-state index contributed by atoms with van der Waals surface area (Å²) in [7, 11) is -4.19. The molecule has 0 spiro atoms. The molecule has 0 heterocycles. The Bertz CT molecular complexity index is 522. The normalized spacial score (nSPS) is 13.3. The molecule has 1 rings (SSSR count). The lowest BCUT2D eigenvalue weighted by Crippen LogP contribution is -2.25. The summed E-state index contributed by atoms with van der Waals surface area (Å²) in [6.07, 6.45) is 0. The van der Waals surface area contributed by atoms with Gasteiger partial charge in [-0.15, -0.1) is 4.13 Å². The van der Waals surface area contributed by atoms with Gasteiger partial charge in [-0.2, -0.15) is 0 Å². The van der Waals surface area contributed by atoms with Crippen molar-refractivity contribution in [1.82, 2.24) is 4.13 Å². The predicted octanol–water partition coefficient (Wildman–Crippen LogP) is -0.333. The molecule has 0 saturated carbocycles. The zero-order chi connectivity index (χ0) is 12.3. The van der Waals surface area contributed by atoms with E-state index in [0.717, 1.165) is 24.3 Å². The molecule has 0 bridgehead atoms. The van der Waals surface area contributed by atoms with Crippen LogP contribution < -0.4 is 4.13 Å². The van der Waals surface area contributed by atoms with Gasteiger partial charge in [-0.05, 0) is 12.1 Å². The number of sulfonamides is 1. The van der Waals surface area contributed by atoms with Crippen LogP contribution in [0.3, 0.4) is 0 Å². The number of non-ortho nitro benzene ring substituents is 1. The molecule has 1 aromatic carbocycles. The summed E-state index contributed by atoms with van der Waals surface area (Å²) in [6.45, 7) is 0. The zero-order valence-electron chi connectivity index (χ0n) is 7.52. The van der Waals surface area contributed by atoms with Gasteiger partial charge in [-0.1, -0.05) is 0 Å². The molecule has 1 N–H and O–H groups in total. The van der Waals surface area contributed by atoms with Crippen molar-refractivity contribution in [3.05, 3.63) is 34.4 Å². The molecular formula is C6H5N2O6S2-. The minimum atomic E-state index is -4.19. The molecule has 10 heteroatoms. The van der Waals surface area contributed by atoms with E-state index < -0.39 is 26.2 Å². The van der Waals surface area contributed by atoms with Crippen LogP contribution in [0.4, 0.5) is 5.69 Å². The van der Waals surface area contributed by atoms with Crippen LogP contribution in [0.5, 0.6) is 0 Å². The topological polar surface area (TPSA) is 129 Å². The molecule has 1 unspecified atom stereocenters. The Morgan fingerprint density at radius 2 is 1.75 bits per heavy atom. The Balaban J connectivity index is 3.07. The summed E-state index contributed by atoms with van der Waals surface area (Å²) in [5.41, 5.74) is -0.290. The Morgan fingerprint density at radius 1 is 1.25 bits per heavy atom. The zero-order valence-corrected chi connectivity index (χ0v) is 9.16. The van der Waals surface area contributed by atoms with E-state index in [9.17, 15) is 27.3 Å². The van der Waals surface area contributed by atoms with Crippen LogP contribution in [0, 0.1) is 10.1 Å². The summed E-state index contributed by atoms with van der Waals surface area (Å²) in [5, 5.41) is 10.3. The van der Waals surface area contributed by atoms with E-state index in [0.29, 0.717) is 0 Å². The minimum absolute atomic E-state index is 0.290. The third-order valence-electron chi connectivity index (χ3n) is 1.54. The summed E-state index contributed by atoms with van der Waals surface area (Å²) in [5.74, 6) is 0. The van der Waals surface area contributed by atoms with Crippen molar-refractivity contribution >= 4 is 27.0 Å². The first-order valence-electron chi connectivity index (χ1n) is 3.69. The number of benzene rings is 1. The van der Waals surface area contributed by atoms with Gasteiger partial charge in [0, 0.05) is 23.4 Å². The van der Waals surface area contributed by atoms with E-state index in [1.807, 2.05) is 0 Å². The van der Waals surface area contributed by atoms with Gasteiger partial charge < -0.3 is 4.55 Å². The average molecular weight is 265 g/mol. The van der Waals surface area contributed by atoms with E-state index in [2.05, 4.69) is 0 Å². The van der Waals surface area contributed by atoms with Gasteiger partial charge in [0.05, 0.1) is 9.82 Å². The van der Waals surface area contributed by atoms with Crippen molar-refractivity contribution in [2.75, 3.05) is 0 Å². The Labute approximate surface area is 92.9 Å². The lowest BCUT2D eigenvalue weighted by atomic mass is 10.3. The van der Waals surface area contributed by atoms with Gasteiger partial charge in [-0.25, -0.2) is 8.42 Å². The second kappa shape index (κ2) is 4.65. The molecule has 88 valence electrons. The Morgan fingerprint density at radius 3 is 2.12 bits per heavy atom. The summed E-state index contributed by atoms with van der Waals surface area (Å²) < 4.78 is 44.1. The van der Waals surface area contributed by atoms with Crippen molar-refractivity contribution in [2.45, 2.75) is 4.90 Å². The van der Waals surface area contributed by atoms with Crippen molar-refractivity contribution in [1.29, 1.82) is 0 Å². The SMILES string of the molecule is O=[N+]([O-])c1ccc(S(=O)(=O)NS(=O)[O-])cc1. The first-order chi connectivity index (χ1) is 7.33. The van der Waals surface area contributed by atoms with Crippen LogP contribution in [-0.2, 0) is 21.3 Å². The van der Waals surface area contributed by atoms with Gasteiger partial charge in [0.2, 0.25) is 0 Å². The first-order valence-corrected chi connectivity index (χ1v) is 6.25. The van der Waals surface area contributed by atoms with Gasteiger partial charge in [0.1, 0.15) is 0 Å². The highest BCUT2D eigenvalue weighted by Gasteiger charge is 2.15. The van der Waals surface area contributed by atoms with Crippen LogP contribution in [0.25, 0.3) is 0 Å². The molecule has 0 aliphatic heterocycles. The van der Waals surface area contributed by atoms with Crippen LogP contribution in [0.2, 0.25) is 0 Å². The van der Waals surface area contributed by atoms with Crippen molar-refractivity contribution in [3.8, 4) is 0 Å². The fourth-order valence-electron chi connectivity index (χ4n) is 0.885. The summed E-state index contributed by atoms with van der Waals surface area (Å²) >= 11 is -2.97. The highest BCUT2D eigenvalue weighted by Crippen LogP contribution is 2.15. The molecule has 0 saturated heterocycles. The standard InChI is InChI=1S/C6H6N2O6S2/c9-8(10)5-1-3-6(4-2-5)16(13,14)7-15(11)12/h1-4,7H,(H,11,12)/p-1. The highest BCUT2D eigenvalue weighted by molar-refractivity contribution is 8.00. The quantitative estimate of drug-likeness (QED) is 0.450. The monoisotopic (exact) mass is 265 g/mol. The number of nitrogens with zero attached hydrogens (tertiary/aromatic N) is 1. The van der Waals surface area contributed by atoms with Crippen LogP contribution in [0.15, 0.2) is 29.2 Å². The van der Waals surface area contributed by atoms with E-state index in [1.54, 1.807) is 0 Å². The molecule has 0 aromatic heterocycles. The number of hydrogen-bond donors (Lipinski definition) is 1. The molecule has 0 fully saturated rings. The molecule has 0 aliphatic rings. The fourth-order valence-corrected chi connectivity index (χ4v) is 2.48. The molecule has 1 aromatic rings. The van der Waals surface area contributed by atoms with E-state index >= 15 is 0 Å². The maximum absolute atomic E-state index is 11.2. The second-order valence-corrected chi connectivity index (χ2v) is 5.19. The van der Waals surface area contributed by atoms with E-state index in [4.69, 9.17) is 0 Å². The summed E-state index contributed by atoms with van der Waals surface area (Å²) in [4.78, 5) is 9.21. The third kappa shape index (κ3) is 3.06. The van der Waals surface area contributed by atoms with E-state index in [1.165, 1.54) is 4.13 Å². The number of nitro benzene ring substituents is 1. The smallest absolute Gasteiger partial charge is 0.269 e. The largest absolute Gasteiger partial charge is 0.759 e. The van der Waals surface area contributed by atoms with Crippen LogP contribution in [0.1, 0.15) is 0 Å². The molecule has 0 radical (unpaired) electrons. The van der Waals surface area contributed by atoms with Gasteiger partial charge in [0.25, 0.3) is 15.7 Å². The molecular weight excluding hydrogens is 260 g/mol. The fraction of sp³-hybridized carbons (Fsp3) is 0. The lowest BCUT2D eigenvalue weighted by Gasteiger charge is -2.07. The molecule has 16 heavy (non-hydrogen) atoms. The van der Waals surface area contributed by atoms with Gasteiger partial charge in [0.15, 0.2) is 0 Å². The van der Waals surface area contributed by atoms with Gasteiger partial charge >= 0.3 is 0 Å². The highest BCUT2D eigenvalue weighted by atomic mass is 32.3.